The van der Waals surface area contributed by atoms with Gasteiger partial charge in [-0.1, -0.05) is 0 Å². The van der Waals surface area contributed by atoms with Crippen LogP contribution in [-0.4, -0.2) is 33.9 Å². The molecule has 1 saturated heterocycles. The summed E-state index contributed by atoms with van der Waals surface area (Å²) in [6.45, 7) is 1.14. The molecule has 0 aliphatic carbocycles. The molecule has 1 atom stereocenters. The minimum atomic E-state index is -4.44. The second-order valence-corrected chi connectivity index (χ2v) is 5.72. The van der Waals surface area contributed by atoms with Crippen LogP contribution in [0.5, 0.6) is 0 Å². The van der Waals surface area contributed by atoms with E-state index in [1.807, 2.05) is 4.90 Å². The van der Waals surface area contributed by atoms with Gasteiger partial charge in [0.05, 0.1) is 17.4 Å². The summed E-state index contributed by atoms with van der Waals surface area (Å²) in [4.78, 5) is 23.6. The average molecular weight is 339 g/mol. The third kappa shape index (κ3) is 3.19. The number of imidazole rings is 1. The number of halogens is 3. The van der Waals surface area contributed by atoms with Crippen molar-refractivity contribution in [2.24, 2.45) is 5.73 Å². The first kappa shape index (κ1) is 16.3. The van der Waals surface area contributed by atoms with Crippen molar-refractivity contribution in [3.05, 3.63) is 41.7 Å². The molecule has 24 heavy (non-hydrogen) atoms. The molecule has 3 heterocycles. The van der Waals surface area contributed by atoms with Crippen LogP contribution in [0.15, 0.2) is 24.7 Å². The molecule has 3 rings (SSSR count). The van der Waals surface area contributed by atoms with Gasteiger partial charge in [-0.15, -0.1) is 0 Å². The monoisotopic (exact) mass is 339 g/mol. The summed E-state index contributed by atoms with van der Waals surface area (Å²) in [5, 5.41) is 0. The molecule has 128 valence electrons. The van der Waals surface area contributed by atoms with Crippen LogP contribution in [0.3, 0.4) is 0 Å². The Hall–Kier alpha value is -2.58. The quantitative estimate of drug-likeness (QED) is 0.898. The molecule has 0 saturated carbocycles. The van der Waals surface area contributed by atoms with Crippen molar-refractivity contribution >= 4 is 11.6 Å². The number of aromatic amines is 1. The van der Waals surface area contributed by atoms with Gasteiger partial charge in [0.25, 0.3) is 5.91 Å². The zero-order valence-electron chi connectivity index (χ0n) is 12.7. The van der Waals surface area contributed by atoms with E-state index in [4.69, 9.17) is 5.73 Å². The number of primary amides is 1. The Morgan fingerprint density at radius 1 is 1.38 bits per heavy atom. The first-order chi connectivity index (χ1) is 11.4. The standard InChI is InChI=1S/C15H16F3N5O/c16-15(17,18)12-7-21-14(22-12)9-2-1-5-23(8-9)11-3-4-20-6-10(11)13(19)24/h3-4,6-7,9H,1-2,5,8H2,(H2,19,24)(H,21,22)/t9-/m0/s1. The van der Waals surface area contributed by atoms with Gasteiger partial charge in [-0.3, -0.25) is 9.78 Å². The first-order valence-electron chi connectivity index (χ1n) is 7.47. The summed E-state index contributed by atoms with van der Waals surface area (Å²) in [5.74, 6) is -0.456. The lowest BCUT2D eigenvalue weighted by Crippen LogP contribution is -2.36. The Morgan fingerprint density at radius 2 is 2.17 bits per heavy atom. The van der Waals surface area contributed by atoms with E-state index in [1.54, 1.807) is 12.3 Å². The molecule has 0 unspecified atom stereocenters. The number of alkyl halides is 3. The highest BCUT2D eigenvalue weighted by atomic mass is 19.4. The summed E-state index contributed by atoms with van der Waals surface area (Å²) in [6.07, 6.45) is 0.820. The van der Waals surface area contributed by atoms with Crippen LogP contribution >= 0.6 is 0 Å². The lowest BCUT2D eigenvalue weighted by Gasteiger charge is -2.34. The molecule has 1 aliphatic heterocycles. The number of hydrogen-bond acceptors (Lipinski definition) is 4. The number of aromatic nitrogens is 3. The summed E-state index contributed by atoms with van der Waals surface area (Å²) >= 11 is 0. The largest absolute Gasteiger partial charge is 0.432 e. The summed E-state index contributed by atoms with van der Waals surface area (Å²) in [6, 6.07) is 1.69. The van der Waals surface area contributed by atoms with Gasteiger partial charge in [-0.05, 0) is 18.9 Å². The second kappa shape index (κ2) is 6.14. The van der Waals surface area contributed by atoms with Crippen molar-refractivity contribution in [1.29, 1.82) is 0 Å². The van der Waals surface area contributed by atoms with Crippen LogP contribution in [0.4, 0.5) is 18.9 Å². The van der Waals surface area contributed by atoms with E-state index in [9.17, 15) is 18.0 Å². The van der Waals surface area contributed by atoms with Crippen molar-refractivity contribution in [3.8, 4) is 0 Å². The molecule has 1 amide bonds. The Balaban J connectivity index is 1.83. The minimum absolute atomic E-state index is 0.177. The third-order valence-electron chi connectivity index (χ3n) is 4.11. The number of rotatable bonds is 3. The van der Waals surface area contributed by atoms with Crippen molar-refractivity contribution in [2.75, 3.05) is 18.0 Å². The average Bonchev–Trinajstić information content (AvgIpc) is 3.05. The number of hydrogen-bond donors (Lipinski definition) is 2. The summed E-state index contributed by atoms with van der Waals surface area (Å²) in [7, 11) is 0. The molecule has 0 aromatic carbocycles. The number of nitrogens with zero attached hydrogens (tertiary/aromatic N) is 3. The summed E-state index contributed by atoms with van der Waals surface area (Å²) < 4.78 is 38.1. The number of anilines is 1. The maximum atomic E-state index is 12.7. The second-order valence-electron chi connectivity index (χ2n) is 5.72. The maximum absolute atomic E-state index is 12.7. The number of H-pyrrole nitrogens is 1. The fourth-order valence-corrected chi connectivity index (χ4v) is 2.96. The molecule has 6 nitrogen and oxygen atoms in total. The van der Waals surface area contributed by atoms with Crippen LogP contribution in [0.2, 0.25) is 0 Å². The fraction of sp³-hybridized carbons (Fsp3) is 0.400. The minimum Gasteiger partial charge on any atom is -0.370 e. The van der Waals surface area contributed by atoms with Gasteiger partial charge in [0.2, 0.25) is 0 Å². The fourth-order valence-electron chi connectivity index (χ4n) is 2.96. The van der Waals surface area contributed by atoms with Crippen LogP contribution in [-0.2, 0) is 6.18 Å². The van der Waals surface area contributed by atoms with Crippen LogP contribution in [0.25, 0.3) is 0 Å². The number of nitrogens with two attached hydrogens (primary N) is 1. The lowest BCUT2D eigenvalue weighted by atomic mass is 9.96. The number of nitrogens with one attached hydrogen (secondary N) is 1. The predicted molar refractivity (Wildman–Crippen MR) is 80.5 cm³/mol. The molecule has 1 fully saturated rings. The number of amides is 1. The normalized spacial score (nSPS) is 18.6. The lowest BCUT2D eigenvalue weighted by molar-refractivity contribution is -0.141. The maximum Gasteiger partial charge on any atom is 0.432 e. The van der Waals surface area contributed by atoms with Gasteiger partial charge in [-0.25, -0.2) is 4.98 Å². The van der Waals surface area contributed by atoms with Gasteiger partial charge in [0, 0.05) is 31.4 Å². The zero-order chi connectivity index (χ0) is 17.3. The molecular formula is C15H16F3N5O. The van der Waals surface area contributed by atoms with Gasteiger partial charge < -0.3 is 15.6 Å². The van der Waals surface area contributed by atoms with Crippen molar-refractivity contribution in [3.63, 3.8) is 0 Å². The molecular weight excluding hydrogens is 323 g/mol. The van der Waals surface area contributed by atoms with Crippen molar-refractivity contribution < 1.29 is 18.0 Å². The van der Waals surface area contributed by atoms with Crippen molar-refractivity contribution in [2.45, 2.75) is 24.9 Å². The molecule has 3 N–H and O–H groups in total. The van der Waals surface area contributed by atoms with Gasteiger partial charge in [-0.2, -0.15) is 13.2 Å². The highest BCUT2D eigenvalue weighted by Gasteiger charge is 2.34. The highest BCUT2D eigenvalue weighted by Crippen LogP contribution is 2.33. The Bertz CT molecular complexity index is 743. The SMILES string of the molecule is NC(=O)c1cnccc1N1CCC[C@H](c2ncc(C(F)(F)F)[nH]2)C1. The van der Waals surface area contributed by atoms with Gasteiger partial charge in [0.15, 0.2) is 0 Å². The number of carbonyl (C=O) groups excluding carboxylic acids is 1. The van der Waals surface area contributed by atoms with E-state index in [0.717, 1.165) is 19.0 Å². The molecule has 2 aromatic heterocycles. The highest BCUT2D eigenvalue weighted by molar-refractivity contribution is 5.98. The molecule has 0 radical (unpaired) electrons. The number of carbonyl (C=O) groups is 1. The number of pyridine rings is 1. The third-order valence-corrected chi connectivity index (χ3v) is 4.11. The van der Waals surface area contributed by atoms with Gasteiger partial charge >= 0.3 is 6.18 Å². The Kier molecular flexibility index (Phi) is 4.16. The van der Waals surface area contributed by atoms with Crippen LogP contribution in [0, 0.1) is 0 Å². The van der Waals surface area contributed by atoms with E-state index < -0.39 is 17.8 Å². The predicted octanol–water partition coefficient (Wildman–Crippen LogP) is 2.31. The molecule has 0 spiro atoms. The van der Waals surface area contributed by atoms with E-state index >= 15 is 0 Å². The van der Waals surface area contributed by atoms with Gasteiger partial charge in [0.1, 0.15) is 11.5 Å². The van der Waals surface area contributed by atoms with E-state index in [2.05, 4.69) is 15.0 Å². The molecule has 9 heteroatoms. The Labute approximate surface area is 135 Å². The Morgan fingerprint density at radius 3 is 2.83 bits per heavy atom. The zero-order valence-corrected chi connectivity index (χ0v) is 12.7. The first-order valence-corrected chi connectivity index (χ1v) is 7.47. The topological polar surface area (TPSA) is 87.9 Å². The smallest absolute Gasteiger partial charge is 0.370 e. The van der Waals surface area contributed by atoms with E-state index in [-0.39, 0.29) is 5.92 Å². The van der Waals surface area contributed by atoms with Crippen LogP contribution in [0.1, 0.15) is 40.6 Å². The molecule has 0 bridgehead atoms. The molecule has 2 aromatic rings. The van der Waals surface area contributed by atoms with E-state index in [1.165, 1.54) is 6.20 Å². The van der Waals surface area contributed by atoms with E-state index in [0.29, 0.717) is 30.2 Å². The molecule has 1 aliphatic rings. The number of piperidine rings is 1. The van der Waals surface area contributed by atoms with Crippen LogP contribution < -0.4 is 10.6 Å². The summed E-state index contributed by atoms with van der Waals surface area (Å²) in [5.41, 5.74) is 5.46. The van der Waals surface area contributed by atoms with Crippen molar-refractivity contribution in [1.82, 2.24) is 15.0 Å².